The monoisotopic (exact) mass is 213 g/mol. The molecule has 0 aliphatic heterocycles. The van der Waals surface area contributed by atoms with Gasteiger partial charge in [-0.2, -0.15) is 0 Å². The molecule has 11 heavy (non-hydrogen) atoms. The lowest BCUT2D eigenvalue weighted by molar-refractivity contribution is 0.846. The summed E-state index contributed by atoms with van der Waals surface area (Å²) in [5, 5.41) is 0.920. The number of aromatic nitrogens is 1. The molecule has 1 nitrogen and oxygen atoms in total. The van der Waals surface area contributed by atoms with Gasteiger partial charge in [-0.15, -0.1) is 0 Å². The van der Waals surface area contributed by atoms with Crippen molar-refractivity contribution >= 4 is 15.9 Å². The Bertz CT molecular complexity index is 233. The maximum atomic E-state index is 4.09. The van der Waals surface area contributed by atoms with Crippen molar-refractivity contribution in [3.05, 3.63) is 29.6 Å². The topological polar surface area (TPSA) is 12.9 Å². The Kier molecular flexibility index (Phi) is 3.06. The standard InChI is InChI=1S/C9H12BrN/c1-7(2)9-6-11-4-3-8(9)5-10/h3-4,6-7H,5H2,1-2H3. The van der Waals surface area contributed by atoms with Gasteiger partial charge in [0.1, 0.15) is 0 Å². The first-order chi connectivity index (χ1) is 5.25. The van der Waals surface area contributed by atoms with Gasteiger partial charge in [0.25, 0.3) is 0 Å². The lowest BCUT2D eigenvalue weighted by atomic mass is 10.0. The zero-order valence-electron chi connectivity index (χ0n) is 6.84. The third kappa shape index (κ3) is 2.03. The molecule has 1 aromatic heterocycles. The van der Waals surface area contributed by atoms with Gasteiger partial charge in [0.2, 0.25) is 0 Å². The number of pyridine rings is 1. The molecule has 0 aromatic carbocycles. The first-order valence-corrected chi connectivity index (χ1v) is 4.86. The second-order valence-electron chi connectivity index (χ2n) is 2.86. The van der Waals surface area contributed by atoms with Crippen molar-refractivity contribution in [2.45, 2.75) is 25.1 Å². The summed E-state index contributed by atoms with van der Waals surface area (Å²) >= 11 is 3.45. The predicted molar refractivity (Wildman–Crippen MR) is 51.0 cm³/mol. The van der Waals surface area contributed by atoms with Crippen LogP contribution in [0.2, 0.25) is 0 Å². The summed E-state index contributed by atoms with van der Waals surface area (Å²) in [4.78, 5) is 4.09. The molecule has 0 saturated heterocycles. The molecule has 1 heterocycles. The lowest BCUT2D eigenvalue weighted by Crippen LogP contribution is -1.94. The highest BCUT2D eigenvalue weighted by molar-refractivity contribution is 9.08. The van der Waals surface area contributed by atoms with E-state index in [0.29, 0.717) is 5.92 Å². The van der Waals surface area contributed by atoms with E-state index in [4.69, 9.17) is 0 Å². The molecule has 1 aromatic rings. The Morgan fingerprint density at radius 2 is 2.27 bits per heavy atom. The summed E-state index contributed by atoms with van der Waals surface area (Å²) in [7, 11) is 0. The second kappa shape index (κ2) is 3.86. The van der Waals surface area contributed by atoms with Gasteiger partial charge in [-0.05, 0) is 23.1 Å². The lowest BCUT2D eigenvalue weighted by Gasteiger charge is -2.08. The SMILES string of the molecule is CC(C)c1cnccc1CBr. The van der Waals surface area contributed by atoms with Crippen molar-refractivity contribution in [2.75, 3.05) is 0 Å². The van der Waals surface area contributed by atoms with Gasteiger partial charge in [-0.3, -0.25) is 4.98 Å². The van der Waals surface area contributed by atoms with Crippen LogP contribution >= 0.6 is 15.9 Å². The van der Waals surface area contributed by atoms with Gasteiger partial charge in [-0.25, -0.2) is 0 Å². The van der Waals surface area contributed by atoms with E-state index in [1.807, 2.05) is 12.4 Å². The highest BCUT2D eigenvalue weighted by atomic mass is 79.9. The average molecular weight is 214 g/mol. The Morgan fingerprint density at radius 1 is 1.55 bits per heavy atom. The molecule has 0 spiro atoms. The van der Waals surface area contributed by atoms with Crippen LogP contribution in [0.1, 0.15) is 30.9 Å². The fraction of sp³-hybridized carbons (Fsp3) is 0.444. The van der Waals surface area contributed by atoms with Gasteiger partial charge in [-0.1, -0.05) is 29.8 Å². The third-order valence-corrected chi connectivity index (χ3v) is 2.32. The molecule has 60 valence electrons. The van der Waals surface area contributed by atoms with Crippen LogP contribution < -0.4 is 0 Å². The van der Waals surface area contributed by atoms with Crippen LogP contribution in [-0.4, -0.2) is 4.98 Å². The van der Waals surface area contributed by atoms with Crippen molar-refractivity contribution < 1.29 is 0 Å². The van der Waals surface area contributed by atoms with Crippen LogP contribution in [0.15, 0.2) is 18.5 Å². The van der Waals surface area contributed by atoms with E-state index < -0.39 is 0 Å². The Morgan fingerprint density at radius 3 is 2.73 bits per heavy atom. The van der Waals surface area contributed by atoms with E-state index in [1.54, 1.807) is 0 Å². The van der Waals surface area contributed by atoms with E-state index in [1.165, 1.54) is 11.1 Å². The summed E-state index contributed by atoms with van der Waals surface area (Å²) in [6.45, 7) is 4.37. The summed E-state index contributed by atoms with van der Waals surface area (Å²) in [5.41, 5.74) is 2.68. The zero-order chi connectivity index (χ0) is 8.27. The molecule has 0 N–H and O–H groups in total. The van der Waals surface area contributed by atoms with E-state index >= 15 is 0 Å². The van der Waals surface area contributed by atoms with Crippen LogP contribution in [0.25, 0.3) is 0 Å². The Hall–Kier alpha value is -0.370. The number of nitrogens with zero attached hydrogens (tertiary/aromatic N) is 1. The number of alkyl halides is 1. The normalized spacial score (nSPS) is 10.5. The average Bonchev–Trinajstić information content (AvgIpc) is 2.04. The van der Waals surface area contributed by atoms with Crippen molar-refractivity contribution in [3.8, 4) is 0 Å². The van der Waals surface area contributed by atoms with Crippen LogP contribution in [0.4, 0.5) is 0 Å². The third-order valence-electron chi connectivity index (χ3n) is 1.71. The molecule has 2 heteroatoms. The first kappa shape index (κ1) is 8.72. The van der Waals surface area contributed by atoms with Gasteiger partial charge in [0, 0.05) is 17.7 Å². The summed E-state index contributed by atoms with van der Waals surface area (Å²) in [5.74, 6) is 0.566. The first-order valence-electron chi connectivity index (χ1n) is 3.74. The van der Waals surface area contributed by atoms with E-state index in [-0.39, 0.29) is 0 Å². The maximum absolute atomic E-state index is 4.09. The summed E-state index contributed by atoms with van der Waals surface area (Å²) in [6, 6.07) is 2.06. The van der Waals surface area contributed by atoms with Crippen molar-refractivity contribution in [1.29, 1.82) is 0 Å². The smallest absolute Gasteiger partial charge is 0.0305 e. The molecule has 0 bridgehead atoms. The minimum Gasteiger partial charge on any atom is -0.264 e. The fourth-order valence-electron chi connectivity index (χ4n) is 1.08. The molecule has 1 rings (SSSR count). The van der Waals surface area contributed by atoms with Gasteiger partial charge in [0.15, 0.2) is 0 Å². The van der Waals surface area contributed by atoms with Crippen LogP contribution in [-0.2, 0) is 5.33 Å². The molecular weight excluding hydrogens is 202 g/mol. The number of halogens is 1. The van der Waals surface area contributed by atoms with E-state index in [9.17, 15) is 0 Å². The van der Waals surface area contributed by atoms with Crippen LogP contribution in [0.3, 0.4) is 0 Å². The van der Waals surface area contributed by atoms with Gasteiger partial charge in [0.05, 0.1) is 0 Å². The van der Waals surface area contributed by atoms with Gasteiger partial charge < -0.3 is 0 Å². The summed E-state index contributed by atoms with van der Waals surface area (Å²) < 4.78 is 0. The molecule has 0 saturated carbocycles. The molecule has 0 aliphatic rings. The minimum absolute atomic E-state index is 0.566. The van der Waals surface area contributed by atoms with E-state index in [0.717, 1.165) is 5.33 Å². The zero-order valence-corrected chi connectivity index (χ0v) is 8.43. The number of rotatable bonds is 2. The summed E-state index contributed by atoms with van der Waals surface area (Å²) in [6.07, 6.45) is 3.78. The largest absolute Gasteiger partial charge is 0.264 e. The quantitative estimate of drug-likeness (QED) is 0.689. The van der Waals surface area contributed by atoms with Crippen molar-refractivity contribution in [1.82, 2.24) is 4.98 Å². The molecule has 0 unspecified atom stereocenters. The predicted octanol–water partition coefficient (Wildman–Crippen LogP) is 3.10. The molecule has 0 aliphatic carbocycles. The number of hydrogen-bond acceptors (Lipinski definition) is 1. The second-order valence-corrected chi connectivity index (χ2v) is 3.42. The highest BCUT2D eigenvalue weighted by Gasteiger charge is 2.03. The van der Waals surface area contributed by atoms with Crippen LogP contribution in [0.5, 0.6) is 0 Å². The number of hydrogen-bond donors (Lipinski definition) is 0. The molecular formula is C9H12BrN. The Balaban J connectivity index is 3.02. The molecule has 0 fully saturated rings. The molecule has 0 atom stereocenters. The van der Waals surface area contributed by atoms with Crippen molar-refractivity contribution in [3.63, 3.8) is 0 Å². The molecule has 0 radical (unpaired) electrons. The fourth-order valence-corrected chi connectivity index (χ4v) is 1.59. The van der Waals surface area contributed by atoms with E-state index in [2.05, 4.69) is 40.8 Å². The van der Waals surface area contributed by atoms with Crippen LogP contribution in [0, 0.1) is 0 Å². The highest BCUT2D eigenvalue weighted by Crippen LogP contribution is 2.19. The van der Waals surface area contributed by atoms with Gasteiger partial charge >= 0.3 is 0 Å². The maximum Gasteiger partial charge on any atom is 0.0305 e. The minimum atomic E-state index is 0.566. The van der Waals surface area contributed by atoms with Crippen molar-refractivity contribution in [2.24, 2.45) is 0 Å². The Labute approximate surface area is 76.0 Å². The molecule has 0 amide bonds.